The van der Waals surface area contributed by atoms with Gasteiger partial charge in [-0.25, -0.2) is 9.86 Å². The molecule has 6 heteroatoms. The van der Waals surface area contributed by atoms with Crippen LogP contribution in [0.5, 0.6) is 0 Å². The van der Waals surface area contributed by atoms with E-state index in [1.807, 2.05) is 25.7 Å². The molecule has 0 aromatic heterocycles. The molecule has 0 N–H and O–H groups in total. The summed E-state index contributed by atoms with van der Waals surface area (Å²) in [4.78, 5) is 31.3. The Morgan fingerprint density at radius 3 is 2.38 bits per heavy atom. The first kappa shape index (κ1) is 16.1. The van der Waals surface area contributed by atoms with Crippen molar-refractivity contribution in [3.63, 3.8) is 0 Å². The molecule has 120 valence electrons. The van der Waals surface area contributed by atoms with Crippen LogP contribution in [-0.4, -0.2) is 53.8 Å². The van der Waals surface area contributed by atoms with Gasteiger partial charge >= 0.3 is 6.09 Å². The van der Waals surface area contributed by atoms with Gasteiger partial charge in [0.2, 0.25) is 5.91 Å². The van der Waals surface area contributed by atoms with E-state index in [2.05, 4.69) is 0 Å². The average molecular weight is 298 g/mol. The summed E-state index contributed by atoms with van der Waals surface area (Å²) in [7, 11) is 3.11. The van der Waals surface area contributed by atoms with Crippen molar-refractivity contribution in [3.05, 3.63) is 0 Å². The Labute approximate surface area is 126 Å². The molecule has 21 heavy (non-hydrogen) atoms. The van der Waals surface area contributed by atoms with Crippen molar-refractivity contribution in [2.45, 2.75) is 57.6 Å². The number of hydroxylamine groups is 2. The molecule has 2 fully saturated rings. The minimum atomic E-state index is -0.490. The molecule has 1 unspecified atom stereocenters. The van der Waals surface area contributed by atoms with E-state index in [4.69, 9.17) is 9.57 Å². The topological polar surface area (TPSA) is 59.1 Å². The standard InChI is InChI=1S/C15H26N2O4/c1-14(2,3)21-13(19)17-9-6-11(10-15(17)7-8-15)12(18)16(4)20-5/h11H,6-10H2,1-5H3. The molecular weight excluding hydrogens is 272 g/mol. The monoisotopic (exact) mass is 298 g/mol. The van der Waals surface area contributed by atoms with Crippen LogP contribution in [0.15, 0.2) is 0 Å². The molecular formula is C15H26N2O4. The van der Waals surface area contributed by atoms with Crippen molar-refractivity contribution in [2.75, 3.05) is 20.7 Å². The van der Waals surface area contributed by atoms with E-state index in [0.717, 1.165) is 12.8 Å². The smallest absolute Gasteiger partial charge is 0.410 e. The first-order valence-electron chi connectivity index (χ1n) is 7.51. The van der Waals surface area contributed by atoms with Crippen molar-refractivity contribution in [1.82, 2.24) is 9.96 Å². The maximum atomic E-state index is 12.3. The third kappa shape index (κ3) is 3.48. The van der Waals surface area contributed by atoms with Crippen LogP contribution in [0, 0.1) is 5.92 Å². The maximum absolute atomic E-state index is 12.3. The fourth-order valence-corrected chi connectivity index (χ4v) is 2.97. The number of ether oxygens (including phenoxy) is 1. The zero-order chi connectivity index (χ0) is 15.8. The minimum Gasteiger partial charge on any atom is -0.444 e. The molecule has 2 aliphatic rings. The molecule has 1 saturated carbocycles. The number of amides is 2. The quantitative estimate of drug-likeness (QED) is 0.733. The second kappa shape index (κ2) is 5.48. The van der Waals surface area contributed by atoms with Gasteiger partial charge in [0.15, 0.2) is 0 Å². The molecule has 1 heterocycles. The number of piperidine rings is 1. The van der Waals surface area contributed by atoms with E-state index in [-0.39, 0.29) is 23.5 Å². The highest BCUT2D eigenvalue weighted by molar-refractivity contribution is 5.79. The highest BCUT2D eigenvalue weighted by Gasteiger charge is 2.55. The summed E-state index contributed by atoms with van der Waals surface area (Å²) in [5, 5.41) is 1.28. The molecule has 1 spiro atoms. The zero-order valence-electron chi connectivity index (χ0n) is 13.6. The van der Waals surface area contributed by atoms with E-state index in [0.29, 0.717) is 19.4 Å². The summed E-state index contributed by atoms with van der Waals surface area (Å²) in [5.41, 5.74) is -0.661. The lowest BCUT2D eigenvalue weighted by molar-refractivity contribution is -0.175. The molecule has 0 radical (unpaired) electrons. The molecule has 2 rings (SSSR count). The third-order valence-corrected chi connectivity index (χ3v) is 4.27. The highest BCUT2D eigenvalue weighted by atomic mass is 16.7. The first-order chi connectivity index (χ1) is 9.68. The maximum Gasteiger partial charge on any atom is 0.410 e. The van der Waals surface area contributed by atoms with Crippen LogP contribution in [0.4, 0.5) is 4.79 Å². The van der Waals surface area contributed by atoms with Gasteiger partial charge < -0.3 is 9.64 Å². The van der Waals surface area contributed by atoms with Gasteiger partial charge in [-0.05, 0) is 46.5 Å². The van der Waals surface area contributed by atoms with Crippen molar-refractivity contribution >= 4 is 12.0 Å². The summed E-state index contributed by atoms with van der Waals surface area (Å²) in [6, 6.07) is 0. The Morgan fingerprint density at radius 2 is 1.90 bits per heavy atom. The Kier molecular flexibility index (Phi) is 4.19. The molecule has 0 bridgehead atoms. The van der Waals surface area contributed by atoms with Gasteiger partial charge in [0.25, 0.3) is 0 Å². The van der Waals surface area contributed by atoms with Crippen LogP contribution < -0.4 is 0 Å². The number of rotatable bonds is 2. The van der Waals surface area contributed by atoms with Gasteiger partial charge in [0, 0.05) is 25.0 Å². The van der Waals surface area contributed by atoms with Crippen molar-refractivity contribution in [1.29, 1.82) is 0 Å². The summed E-state index contributed by atoms with van der Waals surface area (Å²) >= 11 is 0. The molecule has 2 amide bonds. The van der Waals surface area contributed by atoms with Gasteiger partial charge in [0.05, 0.1) is 7.11 Å². The fraction of sp³-hybridized carbons (Fsp3) is 0.867. The first-order valence-corrected chi connectivity index (χ1v) is 7.51. The van der Waals surface area contributed by atoms with E-state index in [1.165, 1.54) is 12.2 Å². The molecule has 0 aromatic carbocycles. The van der Waals surface area contributed by atoms with E-state index in [1.54, 1.807) is 7.05 Å². The van der Waals surface area contributed by atoms with Crippen LogP contribution in [0.3, 0.4) is 0 Å². The largest absolute Gasteiger partial charge is 0.444 e. The predicted molar refractivity (Wildman–Crippen MR) is 77.4 cm³/mol. The van der Waals surface area contributed by atoms with Gasteiger partial charge in [0.1, 0.15) is 5.60 Å². The number of carbonyl (C=O) groups is 2. The Hall–Kier alpha value is -1.30. The van der Waals surface area contributed by atoms with Crippen molar-refractivity contribution < 1.29 is 19.2 Å². The molecule has 1 aliphatic carbocycles. The van der Waals surface area contributed by atoms with Crippen molar-refractivity contribution in [2.24, 2.45) is 5.92 Å². The SMILES string of the molecule is CON(C)C(=O)C1CCN(C(=O)OC(C)(C)C)C2(CC2)C1. The summed E-state index contributed by atoms with van der Waals surface area (Å²) in [5.74, 6) is -0.0799. The fourth-order valence-electron chi connectivity index (χ4n) is 2.97. The number of hydrogen-bond acceptors (Lipinski definition) is 4. The lowest BCUT2D eigenvalue weighted by atomic mass is 9.88. The van der Waals surface area contributed by atoms with Gasteiger partial charge in [-0.1, -0.05) is 0 Å². The molecule has 1 atom stereocenters. The lowest BCUT2D eigenvalue weighted by Gasteiger charge is -2.40. The van der Waals surface area contributed by atoms with Gasteiger partial charge in [-0.3, -0.25) is 9.63 Å². The van der Waals surface area contributed by atoms with Crippen LogP contribution in [0.25, 0.3) is 0 Å². The number of hydrogen-bond donors (Lipinski definition) is 0. The third-order valence-electron chi connectivity index (χ3n) is 4.27. The number of carbonyl (C=O) groups excluding carboxylic acids is 2. The molecule has 1 saturated heterocycles. The Bertz CT molecular complexity index is 426. The van der Waals surface area contributed by atoms with Crippen LogP contribution >= 0.6 is 0 Å². The van der Waals surface area contributed by atoms with Crippen molar-refractivity contribution in [3.8, 4) is 0 Å². The average Bonchev–Trinajstić information content (AvgIpc) is 3.14. The summed E-state index contributed by atoms with van der Waals surface area (Å²) in [6.07, 6.45) is 3.01. The van der Waals surface area contributed by atoms with E-state index >= 15 is 0 Å². The number of likely N-dealkylation sites (tertiary alicyclic amines) is 1. The van der Waals surface area contributed by atoms with Gasteiger partial charge in [-0.15, -0.1) is 0 Å². The minimum absolute atomic E-state index is 0.00684. The Balaban J connectivity index is 2.01. The normalized spacial score (nSPS) is 23.9. The van der Waals surface area contributed by atoms with Crippen LogP contribution in [0.2, 0.25) is 0 Å². The number of nitrogens with zero attached hydrogens (tertiary/aromatic N) is 2. The van der Waals surface area contributed by atoms with E-state index in [9.17, 15) is 9.59 Å². The second-order valence-corrected chi connectivity index (χ2v) is 7.06. The second-order valence-electron chi connectivity index (χ2n) is 7.06. The van der Waals surface area contributed by atoms with Crippen LogP contribution in [0.1, 0.15) is 46.5 Å². The summed E-state index contributed by atoms with van der Waals surface area (Å²) < 4.78 is 5.48. The summed E-state index contributed by atoms with van der Waals surface area (Å²) in [6.45, 7) is 6.18. The molecule has 1 aliphatic heterocycles. The zero-order valence-corrected chi connectivity index (χ0v) is 13.6. The lowest BCUT2D eigenvalue weighted by Crippen LogP contribution is -2.52. The van der Waals surface area contributed by atoms with E-state index < -0.39 is 5.60 Å². The molecule has 6 nitrogen and oxygen atoms in total. The van der Waals surface area contributed by atoms with Gasteiger partial charge in [-0.2, -0.15) is 0 Å². The Morgan fingerprint density at radius 1 is 1.29 bits per heavy atom. The predicted octanol–water partition coefficient (Wildman–Crippen LogP) is 2.19. The van der Waals surface area contributed by atoms with Crippen LogP contribution in [-0.2, 0) is 14.4 Å². The molecule has 0 aromatic rings. The highest BCUT2D eigenvalue weighted by Crippen LogP contribution is 2.50.